The molecule has 0 saturated heterocycles. The van der Waals surface area contributed by atoms with Crippen LogP contribution in [0.25, 0.3) is 0 Å². The van der Waals surface area contributed by atoms with Crippen molar-refractivity contribution in [3.05, 3.63) is 11.6 Å². The van der Waals surface area contributed by atoms with E-state index in [1.165, 1.54) is 5.57 Å². The number of carbonyl (C=O) groups is 1. The Kier molecular flexibility index (Phi) is 7.31. The molecule has 16 heavy (non-hydrogen) atoms. The summed E-state index contributed by atoms with van der Waals surface area (Å²) in [7, 11) is 0. The summed E-state index contributed by atoms with van der Waals surface area (Å²) in [5, 5.41) is 9.83. The fourth-order valence-electron chi connectivity index (χ4n) is 1.66. The van der Waals surface area contributed by atoms with Crippen LogP contribution >= 0.6 is 0 Å². The molecule has 2 heteroatoms. The smallest absolute Gasteiger partial charge is 0.135 e. The fourth-order valence-corrected chi connectivity index (χ4v) is 1.66. The van der Waals surface area contributed by atoms with E-state index in [-0.39, 0.29) is 11.7 Å². The fraction of sp³-hybridized carbons (Fsp3) is 0.786. The van der Waals surface area contributed by atoms with Gasteiger partial charge in [0, 0.05) is 5.92 Å². The quantitative estimate of drug-likeness (QED) is 0.676. The number of hydrogen-bond donors (Lipinski definition) is 1. The number of rotatable bonds is 7. The van der Waals surface area contributed by atoms with Crippen molar-refractivity contribution in [2.45, 2.75) is 60.0 Å². The SMILES string of the molecule is CC(=O)C(C)C(O)CC(C)CCC=C(C)C. The van der Waals surface area contributed by atoms with Gasteiger partial charge in [-0.2, -0.15) is 0 Å². The molecule has 0 heterocycles. The lowest BCUT2D eigenvalue weighted by Gasteiger charge is -2.19. The molecule has 3 atom stereocenters. The molecule has 0 spiro atoms. The molecule has 2 nitrogen and oxygen atoms in total. The molecule has 0 rings (SSSR count). The Bertz CT molecular complexity index is 239. The zero-order valence-corrected chi connectivity index (χ0v) is 11.3. The normalized spacial score (nSPS) is 16.4. The predicted octanol–water partition coefficient (Wildman–Crippen LogP) is 3.35. The van der Waals surface area contributed by atoms with Crippen LogP contribution in [0, 0.1) is 11.8 Å². The summed E-state index contributed by atoms with van der Waals surface area (Å²) in [5.74, 6) is 0.308. The Morgan fingerprint density at radius 2 is 1.81 bits per heavy atom. The first kappa shape index (κ1) is 15.4. The molecular weight excluding hydrogens is 200 g/mol. The van der Waals surface area contributed by atoms with E-state index in [0.717, 1.165) is 19.3 Å². The van der Waals surface area contributed by atoms with Crippen molar-refractivity contribution in [2.24, 2.45) is 11.8 Å². The standard InChI is InChI=1S/C14H26O2/c1-10(2)7-6-8-11(3)9-14(16)12(4)13(5)15/h7,11-12,14,16H,6,8-9H2,1-5H3. The molecule has 0 aliphatic carbocycles. The predicted molar refractivity (Wildman–Crippen MR) is 68.3 cm³/mol. The number of aliphatic hydroxyl groups excluding tert-OH is 1. The molecule has 0 aliphatic heterocycles. The summed E-state index contributed by atoms with van der Waals surface area (Å²) in [6.07, 6.45) is 4.59. The average molecular weight is 226 g/mol. The van der Waals surface area contributed by atoms with Gasteiger partial charge in [0.2, 0.25) is 0 Å². The first-order valence-corrected chi connectivity index (χ1v) is 6.16. The number of allylic oxidation sites excluding steroid dienone is 2. The van der Waals surface area contributed by atoms with Crippen molar-refractivity contribution in [3.8, 4) is 0 Å². The van der Waals surface area contributed by atoms with Crippen molar-refractivity contribution in [1.29, 1.82) is 0 Å². The Morgan fingerprint density at radius 1 is 1.25 bits per heavy atom. The van der Waals surface area contributed by atoms with Gasteiger partial charge in [-0.25, -0.2) is 0 Å². The molecule has 94 valence electrons. The molecule has 0 aromatic heterocycles. The molecule has 0 amide bonds. The van der Waals surface area contributed by atoms with E-state index in [4.69, 9.17) is 0 Å². The van der Waals surface area contributed by atoms with Crippen molar-refractivity contribution in [1.82, 2.24) is 0 Å². The van der Waals surface area contributed by atoms with E-state index in [1.54, 1.807) is 13.8 Å². The molecule has 0 saturated carbocycles. The second-order valence-corrected chi connectivity index (χ2v) is 5.17. The highest BCUT2D eigenvalue weighted by atomic mass is 16.3. The van der Waals surface area contributed by atoms with Gasteiger partial charge in [-0.1, -0.05) is 25.5 Å². The Labute approximate surface area is 99.7 Å². The average Bonchev–Trinajstić information content (AvgIpc) is 2.15. The zero-order chi connectivity index (χ0) is 12.7. The van der Waals surface area contributed by atoms with Crippen LogP contribution in [0.5, 0.6) is 0 Å². The Balaban J connectivity index is 3.91. The molecule has 0 radical (unpaired) electrons. The van der Waals surface area contributed by atoms with E-state index in [9.17, 15) is 9.90 Å². The van der Waals surface area contributed by atoms with Crippen molar-refractivity contribution < 1.29 is 9.90 Å². The molecular formula is C14H26O2. The summed E-state index contributed by atoms with van der Waals surface area (Å²) in [6.45, 7) is 9.67. The second kappa shape index (κ2) is 7.61. The van der Waals surface area contributed by atoms with Gasteiger partial charge < -0.3 is 5.11 Å². The number of carbonyl (C=O) groups excluding carboxylic acids is 1. The lowest BCUT2D eigenvalue weighted by molar-refractivity contribution is -0.123. The minimum absolute atomic E-state index is 0.0731. The summed E-state index contributed by atoms with van der Waals surface area (Å²) in [6, 6.07) is 0. The van der Waals surface area contributed by atoms with E-state index in [1.807, 2.05) is 0 Å². The van der Waals surface area contributed by atoms with E-state index in [2.05, 4.69) is 26.8 Å². The highest BCUT2D eigenvalue weighted by Crippen LogP contribution is 2.18. The van der Waals surface area contributed by atoms with Crippen molar-refractivity contribution in [3.63, 3.8) is 0 Å². The van der Waals surface area contributed by atoms with Crippen molar-refractivity contribution >= 4 is 5.78 Å². The van der Waals surface area contributed by atoms with Gasteiger partial charge in [0.1, 0.15) is 5.78 Å². The largest absolute Gasteiger partial charge is 0.392 e. The Morgan fingerprint density at radius 3 is 2.25 bits per heavy atom. The highest BCUT2D eigenvalue weighted by molar-refractivity contribution is 5.78. The van der Waals surface area contributed by atoms with Crippen LogP contribution in [0.1, 0.15) is 53.9 Å². The maximum absolute atomic E-state index is 11.1. The minimum Gasteiger partial charge on any atom is -0.392 e. The van der Waals surface area contributed by atoms with Crippen molar-refractivity contribution in [2.75, 3.05) is 0 Å². The third kappa shape index (κ3) is 6.78. The minimum atomic E-state index is -0.487. The van der Waals surface area contributed by atoms with Crippen LogP contribution in [-0.2, 0) is 4.79 Å². The van der Waals surface area contributed by atoms with Crippen LogP contribution in [0.2, 0.25) is 0 Å². The van der Waals surface area contributed by atoms with Crippen LogP contribution in [0.4, 0.5) is 0 Å². The van der Waals surface area contributed by atoms with Crippen LogP contribution in [-0.4, -0.2) is 17.0 Å². The number of aliphatic hydroxyl groups is 1. The van der Waals surface area contributed by atoms with E-state index >= 15 is 0 Å². The van der Waals surface area contributed by atoms with E-state index < -0.39 is 6.10 Å². The van der Waals surface area contributed by atoms with Gasteiger partial charge in [0.15, 0.2) is 0 Å². The summed E-state index contributed by atoms with van der Waals surface area (Å²) >= 11 is 0. The topological polar surface area (TPSA) is 37.3 Å². The summed E-state index contributed by atoms with van der Waals surface area (Å²) in [4.78, 5) is 11.1. The first-order valence-electron chi connectivity index (χ1n) is 6.16. The highest BCUT2D eigenvalue weighted by Gasteiger charge is 2.20. The molecule has 0 bridgehead atoms. The number of ketones is 1. The molecule has 1 N–H and O–H groups in total. The third-order valence-corrected chi connectivity index (χ3v) is 3.07. The summed E-state index contributed by atoms with van der Waals surface area (Å²) < 4.78 is 0. The van der Waals surface area contributed by atoms with E-state index in [0.29, 0.717) is 5.92 Å². The maximum Gasteiger partial charge on any atom is 0.135 e. The molecule has 0 aromatic rings. The lowest BCUT2D eigenvalue weighted by atomic mass is 9.90. The van der Waals surface area contributed by atoms with Gasteiger partial charge in [0.25, 0.3) is 0 Å². The van der Waals surface area contributed by atoms with Gasteiger partial charge >= 0.3 is 0 Å². The Hall–Kier alpha value is -0.630. The summed E-state index contributed by atoms with van der Waals surface area (Å²) in [5.41, 5.74) is 1.34. The second-order valence-electron chi connectivity index (χ2n) is 5.17. The molecule has 0 fully saturated rings. The van der Waals surface area contributed by atoms with Crippen LogP contribution < -0.4 is 0 Å². The van der Waals surface area contributed by atoms with Gasteiger partial charge in [-0.05, 0) is 46.0 Å². The number of hydrogen-bond acceptors (Lipinski definition) is 2. The number of Topliss-reactive ketones (excluding diaryl/α,β-unsaturated/α-hetero) is 1. The monoisotopic (exact) mass is 226 g/mol. The maximum atomic E-state index is 11.1. The first-order chi connectivity index (χ1) is 7.34. The molecule has 0 aromatic carbocycles. The third-order valence-electron chi connectivity index (χ3n) is 3.07. The van der Waals surface area contributed by atoms with Gasteiger partial charge in [0.05, 0.1) is 6.10 Å². The lowest BCUT2D eigenvalue weighted by Crippen LogP contribution is -2.25. The zero-order valence-electron chi connectivity index (χ0n) is 11.3. The van der Waals surface area contributed by atoms with Gasteiger partial charge in [-0.3, -0.25) is 4.79 Å². The molecule has 0 aliphatic rings. The molecule has 3 unspecified atom stereocenters. The van der Waals surface area contributed by atoms with Gasteiger partial charge in [-0.15, -0.1) is 0 Å². The van der Waals surface area contributed by atoms with Crippen LogP contribution in [0.15, 0.2) is 11.6 Å². The van der Waals surface area contributed by atoms with Crippen LogP contribution in [0.3, 0.4) is 0 Å².